The van der Waals surface area contributed by atoms with Crippen molar-refractivity contribution in [2.75, 3.05) is 52.5 Å². The Bertz CT molecular complexity index is 366. The first kappa shape index (κ1) is 15.4. The number of hydrogen-bond donors (Lipinski definition) is 2. The van der Waals surface area contributed by atoms with Crippen LogP contribution < -0.4 is 19.1 Å². The molecule has 1 rings (SSSR count). The lowest BCUT2D eigenvalue weighted by Gasteiger charge is -2.24. The van der Waals surface area contributed by atoms with Crippen molar-refractivity contribution in [3.05, 3.63) is 12.1 Å². The predicted molar refractivity (Wildman–Crippen MR) is 72.5 cm³/mol. The van der Waals surface area contributed by atoms with E-state index in [0.717, 1.165) is 5.69 Å². The predicted octanol–water partition coefficient (Wildman–Crippen LogP) is 0.503. The topological polar surface area (TPSA) is 71.4 Å². The molecular formula is C13H21NO5. The first-order chi connectivity index (χ1) is 9.21. The lowest BCUT2D eigenvalue weighted by atomic mass is 10.2. The van der Waals surface area contributed by atoms with E-state index in [-0.39, 0.29) is 13.2 Å². The Morgan fingerprint density at radius 3 is 1.68 bits per heavy atom. The van der Waals surface area contributed by atoms with E-state index in [2.05, 4.69) is 0 Å². The molecule has 0 amide bonds. The molecule has 6 heteroatoms. The average Bonchev–Trinajstić information content (AvgIpc) is 2.45. The highest BCUT2D eigenvalue weighted by Crippen LogP contribution is 2.40. The van der Waals surface area contributed by atoms with Gasteiger partial charge in [-0.2, -0.15) is 0 Å². The highest BCUT2D eigenvalue weighted by molar-refractivity contribution is 5.63. The summed E-state index contributed by atoms with van der Waals surface area (Å²) in [4.78, 5) is 1.84. The first-order valence-electron chi connectivity index (χ1n) is 5.98. The van der Waals surface area contributed by atoms with E-state index in [4.69, 9.17) is 24.4 Å². The Kier molecular flexibility index (Phi) is 6.24. The molecule has 0 radical (unpaired) electrons. The van der Waals surface area contributed by atoms with Crippen molar-refractivity contribution in [3.8, 4) is 17.2 Å². The molecule has 0 aromatic heterocycles. The molecule has 0 unspecified atom stereocenters. The van der Waals surface area contributed by atoms with Gasteiger partial charge in [0.25, 0.3) is 0 Å². The molecule has 0 fully saturated rings. The smallest absolute Gasteiger partial charge is 0.203 e. The second-order valence-corrected chi connectivity index (χ2v) is 3.82. The molecule has 0 saturated carbocycles. The molecule has 1 aromatic rings. The van der Waals surface area contributed by atoms with Crippen LogP contribution >= 0.6 is 0 Å². The van der Waals surface area contributed by atoms with Crippen LogP contribution in [0.2, 0.25) is 0 Å². The van der Waals surface area contributed by atoms with Crippen LogP contribution in [-0.4, -0.2) is 57.8 Å². The number of hydrogen-bond acceptors (Lipinski definition) is 6. The van der Waals surface area contributed by atoms with E-state index in [1.165, 1.54) is 0 Å². The summed E-state index contributed by atoms with van der Waals surface area (Å²) in [5.74, 6) is 1.59. The number of methoxy groups -OCH3 is 3. The molecule has 0 atom stereocenters. The Balaban J connectivity index is 3.19. The van der Waals surface area contributed by atoms with Crippen LogP contribution in [0, 0.1) is 0 Å². The van der Waals surface area contributed by atoms with Gasteiger partial charge >= 0.3 is 0 Å². The standard InChI is InChI=1S/C13H21NO5/c1-17-11-8-10(14(4-6-15)5-7-16)9-12(18-2)13(11)19-3/h8-9,15-16H,4-7H2,1-3H3. The molecule has 1 aromatic carbocycles. The fourth-order valence-electron chi connectivity index (χ4n) is 1.86. The van der Waals surface area contributed by atoms with E-state index in [1.807, 2.05) is 4.90 Å². The molecule has 6 nitrogen and oxygen atoms in total. The van der Waals surface area contributed by atoms with Crippen molar-refractivity contribution in [3.63, 3.8) is 0 Å². The third-order valence-electron chi connectivity index (χ3n) is 2.75. The van der Waals surface area contributed by atoms with Crippen LogP contribution in [0.15, 0.2) is 12.1 Å². The Labute approximate surface area is 113 Å². The van der Waals surface area contributed by atoms with Gasteiger partial charge in [0.2, 0.25) is 5.75 Å². The van der Waals surface area contributed by atoms with Crippen molar-refractivity contribution in [1.82, 2.24) is 0 Å². The number of ether oxygens (including phenoxy) is 3. The SMILES string of the molecule is COc1cc(N(CCO)CCO)cc(OC)c1OC. The van der Waals surface area contributed by atoms with Crippen LogP contribution in [-0.2, 0) is 0 Å². The van der Waals surface area contributed by atoms with Crippen molar-refractivity contribution >= 4 is 5.69 Å². The summed E-state index contributed by atoms with van der Waals surface area (Å²) in [5.41, 5.74) is 0.789. The summed E-state index contributed by atoms with van der Waals surface area (Å²) in [5, 5.41) is 18.1. The molecule has 0 saturated heterocycles. The molecule has 2 N–H and O–H groups in total. The summed E-state index contributed by atoms with van der Waals surface area (Å²) < 4.78 is 15.8. The number of aliphatic hydroxyl groups excluding tert-OH is 2. The normalized spacial score (nSPS) is 10.2. The second kappa shape index (κ2) is 7.70. The van der Waals surface area contributed by atoms with Crippen LogP contribution in [0.25, 0.3) is 0 Å². The van der Waals surface area contributed by atoms with Gasteiger partial charge in [0.15, 0.2) is 11.5 Å². The lowest BCUT2D eigenvalue weighted by molar-refractivity contribution is 0.280. The second-order valence-electron chi connectivity index (χ2n) is 3.82. The van der Waals surface area contributed by atoms with Gasteiger partial charge in [-0.05, 0) is 0 Å². The number of anilines is 1. The quantitative estimate of drug-likeness (QED) is 0.717. The maximum Gasteiger partial charge on any atom is 0.203 e. The van der Waals surface area contributed by atoms with Crippen molar-refractivity contribution in [2.45, 2.75) is 0 Å². The lowest BCUT2D eigenvalue weighted by Crippen LogP contribution is -2.29. The molecule has 0 bridgehead atoms. The molecule has 0 aliphatic carbocycles. The zero-order chi connectivity index (χ0) is 14.3. The van der Waals surface area contributed by atoms with E-state index in [0.29, 0.717) is 30.3 Å². The zero-order valence-electron chi connectivity index (χ0n) is 11.5. The number of aliphatic hydroxyl groups is 2. The van der Waals surface area contributed by atoms with E-state index < -0.39 is 0 Å². The van der Waals surface area contributed by atoms with Crippen LogP contribution in [0.1, 0.15) is 0 Å². The minimum absolute atomic E-state index is 0.00331. The van der Waals surface area contributed by atoms with Gasteiger partial charge in [-0.1, -0.05) is 0 Å². The molecule has 0 spiro atoms. The minimum Gasteiger partial charge on any atom is -0.493 e. The van der Waals surface area contributed by atoms with Gasteiger partial charge < -0.3 is 29.3 Å². The number of nitrogens with zero attached hydrogens (tertiary/aromatic N) is 1. The minimum atomic E-state index is -0.00331. The van der Waals surface area contributed by atoms with Gasteiger partial charge in [0.1, 0.15) is 0 Å². The molecule has 0 aliphatic heterocycles. The maximum absolute atomic E-state index is 9.07. The third-order valence-corrected chi connectivity index (χ3v) is 2.75. The van der Waals surface area contributed by atoms with Gasteiger partial charge in [-0.25, -0.2) is 0 Å². The molecule has 0 aliphatic rings. The van der Waals surface area contributed by atoms with Gasteiger partial charge in [0.05, 0.1) is 34.5 Å². The largest absolute Gasteiger partial charge is 0.493 e. The van der Waals surface area contributed by atoms with Gasteiger partial charge in [-0.15, -0.1) is 0 Å². The Morgan fingerprint density at radius 1 is 0.895 bits per heavy atom. The monoisotopic (exact) mass is 271 g/mol. The van der Waals surface area contributed by atoms with Crippen LogP contribution in [0.4, 0.5) is 5.69 Å². The fraction of sp³-hybridized carbons (Fsp3) is 0.538. The number of benzene rings is 1. The fourth-order valence-corrected chi connectivity index (χ4v) is 1.86. The average molecular weight is 271 g/mol. The molecule has 108 valence electrons. The first-order valence-corrected chi connectivity index (χ1v) is 5.98. The third kappa shape index (κ3) is 3.65. The highest BCUT2D eigenvalue weighted by atomic mass is 16.5. The van der Waals surface area contributed by atoms with Crippen molar-refractivity contribution in [2.24, 2.45) is 0 Å². The molecule has 19 heavy (non-hydrogen) atoms. The summed E-state index contributed by atoms with van der Waals surface area (Å²) in [6, 6.07) is 3.57. The molecule has 0 heterocycles. The van der Waals surface area contributed by atoms with E-state index in [9.17, 15) is 0 Å². The van der Waals surface area contributed by atoms with Crippen LogP contribution in [0.5, 0.6) is 17.2 Å². The summed E-state index contributed by atoms with van der Waals surface area (Å²) in [6.07, 6.45) is 0. The zero-order valence-corrected chi connectivity index (χ0v) is 11.5. The maximum atomic E-state index is 9.07. The Hall–Kier alpha value is -1.66. The highest BCUT2D eigenvalue weighted by Gasteiger charge is 2.16. The molecular weight excluding hydrogens is 250 g/mol. The van der Waals surface area contributed by atoms with Gasteiger partial charge in [0, 0.05) is 30.9 Å². The number of rotatable bonds is 8. The summed E-state index contributed by atoms with van der Waals surface area (Å²) in [7, 11) is 4.63. The Morgan fingerprint density at radius 2 is 1.37 bits per heavy atom. The van der Waals surface area contributed by atoms with Gasteiger partial charge in [-0.3, -0.25) is 0 Å². The van der Waals surface area contributed by atoms with Crippen LogP contribution in [0.3, 0.4) is 0 Å². The summed E-state index contributed by atoms with van der Waals surface area (Å²) >= 11 is 0. The van der Waals surface area contributed by atoms with E-state index in [1.54, 1.807) is 33.5 Å². The van der Waals surface area contributed by atoms with Crippen molar-refractivity contribution in [1.29, 1.82) is 0 Å². The van der Waals surface area contributed by atoms with E-state index >= 15 is 0 Å². The van der Waals surface area contributed by atoms with Crippen molar-refractivity contribution < 1.29 is 24.4 Å². The summed E-state index contributed by atoms with van der Waals surface area (Å²) in [6.45, 7) is 0.825.